The Labute approximate surface area is 138 Å². The Morgan fingerprint density at radius 2 is 2.13 bits per heavy atom. The van der Waals surface area contributed by atoms with Gasteiger partial charge in [-0.2, -0.15) is 0 Å². The van der Waals surface area contributed by atoms with E-state index in [-0.39, 0.29) is 0 Å². The fraction of sp³-hybridized carbons (Fsp3) is 0.611. The van der Waals surface area contributed by atoms with Gasteiger partial charge in [0.2, 0.25) is 5.72 Å². The van der Waals surface area contributed by atoms with Gasteiger partial charge in [0.25, 0.3) is 0 Å². The van der Waals surface area contributed by atoms with Gasteiger partial charge in [-0.1, -0.05) is 48.8 Å². The number of oxime groups is 1. The van der Waals surface area contributed by atoms with E-state index in [4.69, 9.17) is 9.57 Å². The molecule has 23 heavy (non-hydrogen) atoms. The maximum Gasteiger partial charge on any atom is 0.222 e. The van der Waals surface area contributed by atoms with Gasteiger partial charge in [0, 0.05) is 25.6 Å². The molecule has 0 amide bonds. The second-order valence-corrected chi connectivity index (χ2v) is 6.52. The van der Waals surface area contributed by atoms with Crippen LogP contribution < -0.4 is 0 Å². The van der Waals surface area contributed by atoms with Crippen LogP contribution in [0.2, 0.25) is 0 Å². The number of rotatable bonds is 6. The van der Waals surface area contributed by atoms with E-state index in [1.54, 1.807) is 7.11 Å². The monoisotopic (exact) mass is 317 g/mol. The van der Waals surface area contributed by atoms with Gasteiger partial charge in [-0.05, 0) is 19.8 Å². The van der Waals surface area contributed by atoms with Crippen LogP contribution in [0.4, 0.5) is 0 Å². The number of benzene rings is 1. The second-order valence-electron chi connectivity index (χ2n) is 6.52. The van der Waals surface area contributed by atoms with E-state index < -0.39 is 5.72 Å². The van der Waals surface area contributed by atoms with Crippen LogP contribution in [0.3, 0.4) is 0 Å². The van der Waals surface area contributed by atoms with Crippen LogP contribution in [0.15, 0.2) is 35.5 Å². The molecule has 0 aliphatic carbocycles. The molecule has 1 fully saturated rings. The van der Waals surface area contributed by atoms with Crippen LogP contribution in [-0.2, 0) is 9.57 Å². The molecule has 1 saturated heterocycles. The Balaban J connectivity index is 1.93. The molecule has 0 radical (unpaired) electrons. The summed E-state index contributed by atoms with van der Waals surface area (Å²) in [4.78, 5) is 5.93. The van der Waals surface area contributed by atoms with Crippen LogP contribution in [0.5, 0.6) is 0 Å². The van der Waals surface area contributed by atoms with Crippen molar-refractivity contribution in [3.8, 4) is 0 Å². The van der Waals surface area contributed by atoms with Crippen LogP contribution >= 0.6 is 0 Å². The van der Waals surface area contributed by atoms with Gasteiger partial charge >= 0.3 is 0 Å². The Bertz CT molecular complexity index is 548. The van der Waals surface area contributed by atoms with Crippen molar-refractivity contribution < 1.29 is 9.57 Å². The third-order valence-electron chi connectivity index (χ3n) is 4.69. The summed E-state index contributed by atoms with van der Waals surface area (Å²) < 4.78 is 5.44. The van der Waals surface area contributed by atoms with Gasteiger partial charge in [-0.25, -0.2) is 10.0 Å². The lowest BCUT2D eigenvalue weighted by molar-refractivity contribution is -0.175. The van der Waals surface area contributed by atoms with E-state index >= 15 is 0 Å². The van der Waals surface area contributed by atoms with Gasteiger partial charge < -0.3 is 9.57 Å². The number of nitrogens with zero attached hydrogens (tertiary/aromatic N) is 3. The molecule has 0 unspecified atom stereocenters. The van der Waals surface area contributed by atoms with Gasteiger partial charge in [-0.3, -0.25) is 0 Å². The van der Waals surface area contributed by atoms with Gasteiger partial charge in [-0.15, -0.1) is 0 Å². The molecule has 126 valence electrons. The highest BCUT2D eigenvalue weighted by molar-refractivity contribution is 5.99. The molecule has 0 aromatic heterocycles. The zero-order valence-corrected chi connectivity index (χ0v) is 14.4. The Kier molecular flexibility index (Phi) is 4.87. The Morgan fingerprint density at radius 1 is 1.35 bits per heavy atom. The van der Waals surface area contributed by atoms with Gasteiger partial charge in [0.15, 0.2) is 5.84 Å². The topological polar surface area (TPSA) is 37.3 Å². The normalized spacial score (nSPS) is 28.0. The highest BCUT2D eigenvalue weighted by Gasteiger charge is 2.47. The number of hydrogen-bond donors (Lipinski definition) is 0. The second kappa shape index (κ2) is 6.89. The van der Waals surface area contributed by atoms with Gasteiger partial charge in [0.05, 0.1) is 12.6 Å². The standard InChI is InChI=1S/C18H27N3O2/c1-4-12-18(2)21(20-13-8-11-16(20)14-22-3)17(19-23-18)15-9-6-5-7-10-15/h5-7,9-10,16H,4,8,11-14H2,1-3H3/t16-,18-/m0/s1. The quantitative estimate of drug-likeness (QED) is 0.807. The van der Waals surface area contributed by atoms with Crippen LogP contribution in [0, 0.1) is 0 Å². The van der Waals surface area contributed by atoms with E-state index in [0.717, 1.165) is 43.8 Å². The van der Waals surface area contributed by atoms with E-state index in [2.05, 4.69) is 41.2 Å². The van der Waals surface area contributed by atoms with Crippen molar-refractivity contribution in [2.75, 3.05) is 20.3 Å². The van der Waals surface area contributed by atoms with Crippen molar-refractivity contribution in [2.45, 2.75) is 51.3 Å². The summed E-state index contributed by atoms with van der Waals surface area (Å²) in [6.07, 6.45) is 4.31. The minimum Gasteiger partial charge on any atom is -0.383 e. The predicted octanol–water partition coefficient (Wildman–Crippen LogP) is 3.22. The zero-order valence-electron chi connectivity index (χ0n) is 14.4. The van der Waals surface area contributed by atoms with Crippen molar-refractivity contribution in [2.24, 2.45) is 5.16 Å². The van der Waals surface area contributed by atoms with Crippen LogP contribution in [0.25, 0.3) is 0 Å². The minimum absolute atomic E-state index is 0.381. The lowest BCUT2D eigenvalue weighted by Gasteiger charge is -2.42. The summed E-state index contributed by atoms with van der Waals surface area (Å²) in [5, 5.41) is 9.14. The minimum atomic E-state index is -0.420. The molecule has 2 atom stereocenters. The SMILES string of the molecule is CCC[C@]1(C)ON=C(c2ccccc2)N1N1CCC[C@H]1COC. The first kappa shape index (κ1) is 16.3. The van der Waals surface area contributed by atoms with Crippen molar-refractivity contribution in [3.05, 3.63) is 35.9 Å². The summed E-state index contributed by atoms with van der Waals surface area (Å²) in [6, 6.07) is 10.7. The number of amidine groups is 1. The summed E-state index contributed by atoms with van der Waals surface area (Å²) in [7, 11) is 1.77. The predicted molar refractivity (Wildman–Crippen MR) is 90.8 cm³/mol. The summed E-state index contributed by atoms with van der Waals surface area (Å²) in [5.41, 5.74) is 0.673. The molecule has 5 nitrogen and oxygen atoms in total. The number of ether oxygens (including phenoxy) is 1. The Morgan fingerprint density at radius 3 is 2.83 bits per heavy atom. The zero-order chi connectivity index (χ0) is 16.3. The average molecular weight is 317 g/mol. The van der Waals surface area contributed by atoms with Gasteiger partial charge in [0.1, 0.15) is 0 Å². The van der Waals surface area contributed by atoms with Crippen molar-refractivity contribution in [1.29, 1.82) is 0 Å². The molecule has 0 saturated carbocycles. The molecule has 5 heteroatoms. The molecule has 0 bridgehead atoms. The maximum atomic E-state index is 5.93. The average Bonchev–Trinajstić information content (AvgIpc) is 3.13. The molecular weight excluding hydrogens is 290 g/mol. The van der Waals surface area contributed by atoms with Crippen LogP contribution in [-0.4, -0.2) is 47.9 Å². The first-order valence-electron chi connectivity index (χ1n) is 8.57. The van der Waals surface area contributed by atoms with Crippen molar-refractivity contribution in [3.63, 3.8) is 0 Å². The number of methoxy groups -OCH3 is 1. The highest BCUT2D eigenvalue weighted by Crippen LogP contribution is 2.36. The summed E-state index contributed by atoms with van der Waals surface area (Å²) >= 11 is 0. The molecular formula is C18H27N3O2. The third kappa shape index (κ3) is 3.08. The molecule has 0 N–H and O–H groups in total. The Hall–Kier alpha value is -1.59. The van der Waals surface area contributed by atoms with E-state index in [1.807, 2.05) is 18.2 Å². The molecule has 1 aromatic rings. The first-order valence-corrected chi connectivity index (χ1v) is 8.57. The molecule has 0 spiro atoms. The fourth-order valence-electron chi connectivity index (χ4n) is 3.66. The third-order valence-corrected chi connectivity index (χ3v) is 4.69. The number of hydrazine groups is 1. The maximum absolute atomic E-state index is 5.93. The van der Waals surface area contributed by atoms with E-state index in [1.165, 1.54) is 6.42 Å². The van der Waals surface area contributed by atoms with Crippen molar-refractivity contribution >= 4 is 5.84 Å². The van der Waals surface area contributed by atoms with E-state index in [0.29, 0.717) is 6.04 Å². The molecule has 2 heterocycles. The summed E-state index contributed by atoms with van der Waals surface area (Å²) in [5.74, 6) is 0.907. The lowest BCUT2D eigenvalue weighted by atomic mass is 10.1. The molecule has 2 aliphatic rings. The molecule has 1 aromatic carbocycles. The highest BCUT2D eigenvalue weighted by atomic mass is 16.7. The molecule has 3 rings (SSSR count). The first-order chi connectivity index (χ1) is 11.2. The van der Waals surface area contributed by atoms with E-state index in [9.17, 15) is 0 Å². The lowest BCUT2D eigenvalue weighted by Crippen LogP contribution is -2.58. The largest absolute Gasteiger partial charge is 0.383 e. The van der Waals surface area contributed by atoms with Crippen LogP contribution in [0.1, 0.15) is 45.1 Å². The summed E-state index contributed by atoms with van der Waals surface area (Å²) in [6.45, 7) is 6.07. The molecule has 2 aliphatic heterocycles. The fourth-order valence-corrected chi connectivity index (χ4v) is 3.66. The number of hydrogen-bond acceptors (Lipinski definition) is 5. The smallest absolute Gasteiger partial charge is 0.222 e. The van der Waals surface area contributed by atoms with Crippen molar-refractivity contribution in [1.82, 2.24) is 10.0 Å².